The van der Waals surface area contributed by atoms with Crippen LogP contribution in [0.3, 0.4) is 0 Å². The van der Waals surface area contributed by atoms with Crippen molar-refractivity contribution >= 4 is 27.0 Å². The zero-order chi connectivity index (χ0) is 27.7. The first-order valence-electron chi connectivity index (χ1n) is 13.8. The summed E-state index contributed by atoms with van der Waals surface area (Å²) < 4.78 is 35.8. The van der Waals surface area contributed by atoms with E-state index in [9.17, 15) is 13.2 Å². The van der Waals surface area contributed by atoms with Crippen LogP contribution in [0.15, 0.2) is 47.4 Å². The smallest absolute Gasteiger partial charge is 0.243 e. The SMILES string of the molecule is COCCCn1c([C@@H]2CCCN(C(=O)[C@@H]3CN(S(=O)(=O)c4ccc(C)cc4C)C[C@H]3N)C2)nc2ccccc21. The lowest BCUT2D eigenvalue weighted by Gasteiger charge is -2.35. The van der Waals surface area contributed by atoms with Gasteiger partial charge in [-0.2, -0.15) is 4.31 Å². The molecule has 1 aromatic heterocycles. The lowest BCUT2D eigenvalue weighted by molar-refractivity contribution is -0.136. The summed E-state index contributed by atoms with van der Waals surface area (Å²) in [5.74, 6) is 0.474. The molecule has 3 heterocycles. The first-order chi connectivity index (χ1) is 18.7. The van der Waals surface area contributed by atoms with Gasteiger partial charge in [0.2, 0.25) is 15.9 Å². The Morgan fingerprint density at radius 1 is 1.13 bits per heavy atom. The van der Waals surface area contributed by atoms with Crippen LogP contribution in [0, 0.1) is 19.8 Å². The van der Waals surface area contributed by atoms with Crippen LogP contribution in [0.5, 0.6) is 0 Å². The van der Waals surface area contributed by atoms with E-state index in [4.69, 9.17) is 15.5 Å². The Balaban J connectivity index is 1.33. The molecule has 39 heavy (non-hydrogen) atoms. The molecule has 210 valence electrons. The molecule has 2 aromatic carbocycles. The Labute approximate surface area is 231 Å². The maximum absolute atomic E-state index is 13.8. The molecule has 2 aliphatic heterocycles. The average molecular weight is 554 g/mol. The highest BCUT2D eigenvalue weighted by molar-refractivity contribution is 7.89. The summed E-state index contributed by atoms with van der Waals surface area (Å²) in [6.07, 6.45) is 2.69. The van der Waals surface area contributed by atoms with E-state index >= 15 is 0 Å². The van der Waals surface area contributed by atoms with Gasteiger partial charge < -0.3 is 19.9 Å². The van der Waals surface area contributed by atoms with E-state index in [-0.39, 0.29) is 29.8 Å². The van der Waals surface area contributed by atoms with Crippen LogP contribution in [0.2, 0.25) is 0 Å². The predicted molar refractivity (Wildman–Crippen MR) is 151 cm³/mol. The molecule has 5 rings (SSSR count). The minimum atomic E-state index is -3.74. The van der Waals surface area contributed by atoms with Crippen LogP contribution in [-0.2, 0) is 26.1 Å². The molecule has 0 aliphatic carbocycles. The fourth-order valence-electron chi connectivity index (χ4n) is 6.11. The fourth-order valence-corrected chi connectivity index (χ4v) is 7.82. The Morgan fingerprint density at radius 3 is 2.69 bits per heavy atom. The molecule has 0 bridgehead atoms. The number of ether oxygens (including phenoxy) is 1. The number of aromatic nitrogens is 2. The zero-order valence-electron chi connectivity index (χ0n) is 23.0. The molecule has 0 saturated carbocycles. The molecular weight excluding hydrogens is 514 g/mol. The van der Waals surface area contributed by atoms with Crippen molar-refractivity contribution < 1.29 is 17.9 Å². The lowest BCUT2D eigenvalue weighted by Crippen LogP contribution is -2.47. The van der Waals surface area contributed by atoms with Gasteiger partial charge in [-0.25, -0.2) is 13.4 Å². The van der Waals surface area contributed by atoms with Gasteiger partial charge in [0.05, 0.1) is 21.8 Å². The molecule has 2 fully saturated rings. The van der Waals surface area contributed by atoms with Gasteiger partial charge in [0, 0.05) is 58.4 Å². The third-order valence-corrected chi connectivity index (χ3v) is 10.1. The number of nitrogens with two attached hydrogens (primary N) is 1. The number of amides is 1. The summed E-state index contributed by atoms with van der Waals surface area (Å²) in [5.41, 5.74) is 10.2. The van der Waals surface area contributed by atoms with Gasteiger partial charge in [-0.3, -0.25) is 4.79 Å². The van der Waals surface area contributed by atoms with E-state index in [1.165, 1.54) is 4.31 Å². The molecule has 2 aliphatic rings. The van der Waals surface area contributed by atoms with E-state index in [0.717, 1.165) is 48.2 Å². The number of imidazole rings is 1. The predicted octanol–water partition coefficient (Wildman–Crippen LogP) is 3.04. The highest BCUT2D eigenvalue weighted by Gasteiger charge is 2.43. The number of para-hydroxylation sites is 2. The molecule has 3 aromatic rings. The van der Waals surface area contributed by atoms with Crippen LogP contribution < -0.4 is 5.73 Å². The second kappa shape index (κ2) is 11.4. The molecule has 2 saturated heterocycles. The number of sulfonamides is 1. The number of hydrogen-bond acceptors (Lipinski definition) is 6. The van der Waals surface area contributed by atoms with E-state index in [1.807, 2.05) is 36.1 Å². The first-order valence-corrected chi connectivity index (χ1v) is 15.2. The summed E-state index contributed by atoms with van der Waals surface area (Å²) in [4.78, 5) is 20.9. The topological polar surface area (TPSA) is 111 Å². The number of aryl methyl sites for hydroxylation is 3. The Hall–Kier alpha value is -2.79. The highest BCUT2D eigenvalue weighted by Crippen LogP contribution is 2.32. The normalized spacial score (nSPS) is 22.6. The van der Waals surface area contributed by atoms with Gasteiger partial charge in [-0.15, -0.1) is 0 Å². The zero-order valence-corrected chi connectivity index (χ0v) is 23.9. The number of rotatable bonds is 8. The van der Waals surface area contributed by atoms with Gasteiger partial charge in [0.25, 0.3) is 0 Å². The second-order valence-electron chi connectivity index (χ2n) is 10.9. The standard InChI is InChI=1S/C29H39N5O4S/c1-20-11-12-27(21(2)16-20)39(36,37)33-18-23(24(30)19-33)29(35)32-13-6-8-22(17-32)28-31-25-9-4-5-10-26(25)34(28)14-7-15-38-3/h4-5,9-12,16,22-24H,6-8,13-15,17-19,30H2,1-3H3/t22-,23-,24-/m1/s1. The number of hydrogen-bond donors (Lipinski definition) is 1. The summed E-state index contributed by atoms with van der Waals surface area (Å²) in [7, 11) is -2.03. The monoisotopic (exact) mass is 553 g/mol. The van der Waals surface area contributed by atoms with Gasteiger partial charge in [-0.1, -0.05) is 29.8 Å². The third kappa shape index (κ3) is 5.48. The molecule has 10 heteroatoms. The van der Waals surface area contributed by atoms with Gasteiger partial charge in [0.1, 0.15) is 5.82 Å². The summed E-state index contributed by atoms with van der Waals surface area (Å²) in [6.45, 7) is 6.64. The molecule has 0 spiro atoms. The molecule has 0 unspecified atom stereocenters. The van der Waals surface area contributed by atoms with Crippen molar-refractivity contribution in [2.24, 2.45) is 11.7 Å². The molecular formula is C29H39N5O4S. The number of likely N-dealkylation sites (tertiary alicyclic amines) is 1. The minimum Gasteiger partial charge on any atom is -0.385 e. The van der Waals surface area contributed by atoms with Crippen LogP contribution in [0.1, 0.15) is 42.1 Å². The van der Waals surface area contributed by atoms with Crippen molar-refractivity contribution in [3.63, 3.8) is 0 Å². The lowest BCUT2D eigenvalue weighted by atomic mass is 9.94. The minimum absolute atomic E-state index is 0.0624. The quantitative estimate of drug-likeness (QED) is 0.430. The van der Waals surface area contributed by atoms with Crippen molar-refractivity contribution in [2.45, 2.75) is 56.5 Å². The van der Waals surface area contributed by atoms with Crippen molar-refractivity contribution in [1.29, 1.82) is 0 Å². The van der Waals surface area contributed by atoms with E-state index < -0.39 is 22.0 Å². The molecule has 0 radical (unpaired) electrons. The molecule has 9 nitrogen and oxygen atoms in total. The summed E-state index contributed by atoms with van der Waals surface area (Å²) >= 11 is 0. The van der Waals surface area contributed by atoms with Crippen LogP contribution >= 0.6 is 0 Å². The molecule has 1 amide bonds. The van der Waals surface area contributed by atoms with E-state index in [0.29, 0.717) is 25.3 Å². The number of nitrogens with zero attached hydrogens (tertiary/aromatic N) is 4. The van der Waals surface area contributed by atoms with E-state index in [2.05, 4.69) is 10.6 Å². The Kier molecular flexibility index (Phi) is 8.09. The summed E-state index contributed by atoms with van der Waals surface area (Å²) in [5, 5.41) is 0. The van der Waals surface area contributed by atoms with Crippen molar-refractivity contribution in [3.05, 3.63) is 59.4 Å². The number of methoxy groups -OCH3 is 1. The number of benzene rings is 2. The average Bonchev–Trinajstić information content (AvgIpc) is 3.49. The largest absolute Gasteiger partial charge is 0.385 e. The van der Waals surface area contributed by atoms with Gasteiger partial charge in [0.15, 0.2) is 0 Å². The molecule has 3 atom stereocenters. The number of piperidine rings is 1. The fraction of sp³-hybridized carbons (Fsp3) is 0.517. The maximum atomic E-state index is 13.8. The number of fused-ring (bicyclic) bond motifs is 1. The number of carbonyl (C=O) groups is 1. The first kappa shape index (κ1) is 27.8. The molecule has 2 N–H and O–H groups in total. The highest BCUT2D eigenvalue weighted by atomic mass is 32.2. The van der Waals surface area contributed by atoms with Gasteiger partial charge >= 0.3 is 0 Å². The van der Waals surface area contributed by atoms with Gasteiger partial charge in [-0.05, 0) is 56.9 Å². The van der Waals surface area contributed by atoms with Crippen LogP contribution in [0.4, 0.5) is 0 Å². The van der Waals surface area contributed by atoms with Crippen molar-refractivity contribution in [2.75, 3.05) is 39.9 Å². The van der Waals surface area contributed by atoms with Crippen LogP contribution in [-0.4, -0.2) is 79.0 Å². The van der Waals surface area contributed by atoms with E-state index in [1.54, 1.807) is 26.2 Å². The van der Waals surface area contributed by atoms with Crippen molar-refractivity contribution in [3.8, 4) is 0 Å². The Morgan fingerprint density at radius 2 is 1.92 bits per heavy atom. The Bertz CT molecular complexity index is 1450. The van der Waals surface area contributed by atoms with Crippen LogP contribution in [0.25, 0.3) is 11.0 Å². The second-order valence-corrected chi connectivity index (χ2v) is 12.8. The summed E-state index contributed by atoms with van der Waals surface area (Å²) in [6, 6.07) is 12.9. The van der Waals surface area contributed by atoms with Crippen molar-refractivity contribution in [1.82, 2.24) is 18.8 Å². The number of carbonyl (C=O) groups excluding carboxylic acids is 1. The maximum Gasteiger partial charge on any atom is 0.243 e. The third-order valence-electron chi connectivity index (χ3n) is 8.11.